The molecule has 0 aromatic carbocycles. The normalized spacial score (nSPS) is 36.4. The maximum atomic E-state index is 12.3. The fourth-order valence-electron chi connectivity index (χ4n) is 17.9. The predicted molar refractivity (Wildman–Crippen MR) is 398 cm³/mol. The maximum absolute atomic E-state index is 12.3. The van der Waals surface area contributed by atoms with E-state index in [1.54, 1.807) is 12.3 Å². The molecule has 9 saturated heterocycles. The molecule has 0 radical (unpaired) electrons. The van der Waals surface area contributed by atoms with Gasteiger partial charge in [0.05, 0.1) is 13.2 Å². The summed E-state index contributed by atoms with van der Waals surface area (Å²) in [5, 5.41) is 38.8. The van der Waals surface area contributed by atoms with Gasteiger partial charge in [0.1, 0.15) is 78.5 Å². The third-order valence-corrected chi connectivity index (χ3v) is 24.0. The van der Waals surface area contributed by atoms with Crippen LogP contribution in [0.2, 0.25) is 0 Å². The van der Waals surface area contributed by atoms with Crippen molar-refractivity contribution in [3.8, 4) is 49.4 Å². The van der Waals surface area contributed by atoms with Crippen LogP contribution in [0.3, 0.4) is 0 Å². The lowest BCUT2D eigenvalue weighted by atomic mass is 9.93. The van der Waals surface area contributed by atoms with Gasteiger partial charge in [-0.25, -0.2) is 24.0 Å². The molecule has 38 nitrogen and oxygen atoms in total. The molecule has 4 aliphatic carbocycles. The van der Waals surface area contributed by atoms with Crippen molar-refractivity contribution in [2.24, 2.45) is 0 Å². The van der Waals surface area contributed by atoms with E-state index in [-0.39, 0.29) is 17.5 Å². The van der Waals surface area contributed by atoms with Gasteiger partial charge in [-0.2, -0.15) is 15.0 Å². The minimum atomic E-state index is -1.76. The summed E-state index contributed by atoms with van der Waals surface area (Å²) in [5.41, 5.74) is 6.42. The summed E-state index contributed by atoms with van der Waals surface area (Å²) in [4.78, 5) is 110. The van der Waals surface area contributed by atoms with Crippen molar-refractivity contribution >= 4 is 23.7 Å². The van der Waals surface area contributed by atoms with Gasteiger partial charge in [0.2, 0.25) is 0 Å². The number of aliphatic hydroxyl groups excluding tert-OH is 4. The van der Waals surface area contributed by atoms with Crippen molar-refractivity contribution in [2.75, 3.05) is 30.4 Å². The third-order valence-electron chi connectivity index (χ3n) is 24.0. The molecule has 13 fully saturated rings. The average Bonchev–Trinajstić information content (AvgIpc) is 1.58. The van der Waals surface area contributed by atoms with Crippen LogP contribution in [0.5, 0.6) is 0 Å². The molecule has 4 spiro atoms. The van der Waals surface area contributed by atoms with Gasteiger partial charge < -0.3 is 104 Å². The number of aromatic amines is 2. The highest BCUT2D eigenvalue weighted by molar-refractivity contribution is 5.65. The lowest BCUT2D eigenvalue weighted by Gasteiger charge is -2.31. The number of H-pyrrole nitrogens is 2. The molecular weight excluding hydrogens is 1510 g/mol. The summed E-state index contributed by atoms with van der Waals surface area (Å²) in [6.07, 6.45) is 34.8. The number of anilines is 3. The minimum absolute atomic E-state index is 0.0136. The second kappa shape index (κ2) is 31.6. The average molecular weight is 1600 g/mol. The SMILES string of the molecule is C#C[C@]1(CC)O[C@@H](n2ccc(=O)[nH]c2=O)[C@@H]2OC3(CCCC3)O[C@@H]21.C#C[C@]1(CC)O[C@@H](n2ccc(N)nc2=O)[C@@H]2OC3(CCCC3)O[C@@H]21.C#C[C@]1(CO)O[C@@H](n2ccc(N)nc2=O)[C@@H]2OC3(CCCC3)O[C@@H]21.C#C[C@]1(CO)O[C@@H](n2ccc(N)nc2=O)[C@H](O)[C@@H]1O.CC[C@@]1(C=O)O[C@@H](n2ccc(=O)[nH]c2=O)[C@@H]2OC3(CCCC3)O[C@@H]21. The van der Waals surface area contributed by atoms with E-state index in [1.165, 1.54) is 67.3 Å². The van der Waals surface area contributed by atoms with Crippen molar-refractivity contribution < 1.29 is 86.8 Å². The lowest BCUT2D eigenvalue weighted by molar-refractivity contribution is -0.228. The number of nitrogens with zero attached hydrogens (tertiary/aromatic N) is 8. The van der Waals surface area contributed by atoms with E-state index in [1.807, 2.05) is 20.8 Å². The van der Waals surface area contributed by atoms with Crippen LogP contribution in [0, 0.1) is 49.4 Å². The molecule has 18 rings (SSSR count). The quantitative estimate of drug-likeness (QED) is 0.0609. The van der Waals surface area contributed by atoms with E-state index in [2.05, 4.69) is 48.6 Å². The Bertz CT molecular complexity index is 4960. The van der Waals surface area contributed by atoms with Gasteiger partial charge in [-0.05, 0) is 88.8 Å². The second-order valence-corrected chi connectivity index (χ2v) is 30.7. The van der Waals surface area contributed by atoms with E-state index in [9.17, 15) is 58.8 Å². The first kappa shape index (κ1) is 82.2. The number of fused-ring (bicyclic) bond motifs is 4. The summed E-state index contributed by atoms with van der Waals surface area (Å²) >= 11 is 0. The molecule has 0 amide bonds. The number of nitrogen functional groups attached to an aromatic ring is 3. The van der Waals surface area contributed by atoms with E-state index >= 15 is 0 Å². The number of aldehydes is 1. The van der Waals surface area contributed by atoms with Crippen LogP contribution in [0.1, 0.15) is 174 Å². The van der Waals surface area contributed by atoms with Crippen molar-refractivity contribution in [3.05, 3.63) is 134 Å². The fourth-order valence-corrected chi connectivity index (χ4v) is 17.9. The summed E-state index contributed by atoms with van der Waals surface area (Å²) in [6.45, 7) is 4.59. The topological polar surface area (TPSA) is 510 Å². The van der Waals surface area contributed by atoms with Crippen LogP contribution >= 0.6 is 0 Å². The van der Waals surface area contributed by atoms with E-state index < -0.39 is 196 Å². The van der Waals surface area contributed by atoms with Crippen molar-refractivity contribution in [1.29, 1.82) is 0 Å². The Labute approximate surface area is 656 Å². The van der Waals surface area contributed by atoms with Crippen molar-refractivity contribution in [2.45, 2.75) is 286 Å². The number of aromatic nitrogens is 10. The molecule has 13 aliphatic rings. The molecule has 0 unspecified atom stereocenters. The Morgan fingerprint density at radius 1 is 0.417 bits per heavy atom. The second-order valence-electron chi connectivity index (χ2n) is 30.7. The highest BCUT2D eigenvalue weighted by atomic mass is 16.8. The van der Waals surface area contributed by atoms with E-state index in [4.69, 9.17) is 104 Å². The summed E-state index contributed by atoms with van der Waals surface area (Å²) in [7, 11) is 0. The number of carbonyl (C=O) groups excluding carboxylic acids is 1. The molecule has 115 heavy (non-hydrogen) atoms. The third kappa shape index (κ3) is 14.4. The predicted octanol–water partition coefficient (Wildman–Crippen LogP) is -0.227. The summed E-state index contributed by atoms with van der Waals surface area (Å²) < 4.78 is 85.3. The largest absolute Gasteiger partial charge is 0.392 e. The molecule has 12 N–H and O–H groups in total. The fraction of sp³-hybridized carbons (Fsp3) is 0.623. The molecular formula is C77H93N13O25. The number of rotatable bonds is 11. The Kier molecular flexibility index (Phi) is 22.6. The number of hydrogen-bond donors (Lipinski definition) is 9. The number of nitrogens with two attached hydrogens (primary N) is 3. The van der Waals surface area contributed by atoms with Gasteiger partial charge in [-0.3, -0.25) is 42.4 Å². The molecule has 9 aliphatic heterocycles. The van der Waals surface area contributed by atoms with E-state index in [0.29, 0.717) is 19.3 Å². The zero-order valence-corrected chi connectivity index (χ0v) is 63.3. The Morgan fingerprint density at radius 3 is 1.02 bits per heavy atom. The number of hydrogen-bond acceptors (Lipinski definition) is 31. The zero-order chi connectivity index (χ0) is 82.0. The van der Waals surface area contributed by atoms with Crippen LogP contribution in [0.25, 0.3) is 0 Å². The van der Waals surface area contributed by atoms with Gasteiger partial charge in [0.15, 0.2) is 88.6 Å². The summed E-state index contributed by atoms with van der Waals surface area (Å²) in [5.74, 6) is 7.74. The molecule has 5 aromatic rings. The molecule has 616 valence electrons. The molecule has 5 aromatic heterocycles. The number of terminal acetylenes is 4. The molecule has 4 saturated carbocycles. The summed E-state index contributed by atoms with van der Waals surface area (Å²) in [6, 6.07) is 6.91. The van der Waals surface area contributed by atoms with Crippen LogP contribution in [-0.4, -0.2) is 200 Å². The van der Waals surface area contributed by atoms with Crippen molar-refractivity contribution in [1.82, 2.24) is 47.8 Å². The standard InChI is InChI=1S/C17H21N3O4.C17H20N2O5.C16H19N3O5.C16H20N2O6.C11H13N3O5/c1-3-16(4-2)13-12(22-17(23-13)8-5-6-9-17)14(24-16)20-10-7-11(18)19-15(20)21;1-3-16(4-2)13-12(22-17(23-13)8-5-6-9-17)14(24-16)19-10-7-11(20)18-15(19)21;1-2-15(9-20)12-11(22-16(23-12)6-3-4-7-16)13(24-15)19-8-5-10(17)18-14(19)21;1-2-15(9-19)12-11(22-16(23-12)6-3-4-7-16)13(24-15)18-8-5-10(20)17-14(18)21;1-2-11(5-15)8(17)7(16)9(19-11)14-4-3-6(12)13-10(14)18/h1,7,10,12-14H,4-6,8-9H2,2H3,(H2,18,19,21);1,7,10,12-14H,4-6,8-9H2,2H3,(H,18,20,21);1,5,8,11-13,20H,3-4,6-7,9H2,(H2,17,18,21);5,8-9,11-13H,2-4,6-7H2,1H3,(H,17,20,21);1,3-4,7-9,15-17H,5H2,(H2,12,13,18)/t2*12-,13+,14-,16-;11-,12+,13-,15-;11-,12+,13-,15+;7-,8+,9-,11-/m11111/s1. The van der Waals surface area contributed by atoms with Crippen LogP contribution < -0.4 is 56.8 Å². The monoisotopic (exact) mass is 1600 g/mol. The van der Waals surface area contributed by atoms with Crippen LogP contribution in [0.15, 0.2) is 94.9 Å². The Hall–Kier alpha value is -9.37. The van der Waals surface area contributed by atoms with E-state index in [0.717, 1.165) is 114 Å². The Morgan fingerprint density at radius 2 is 0.713 bits per heavy atom. The highest BCUT2D eigenvalue weighted by Gasteiger charge is 2.70. The maximum Gasteiger partial charge on any atom is 0.351 e. The number of nitrogens with one attached hydrogen (secondary N) is 2. The zero-order valence-electron chi connectivity index (χ0n) is 63.3. The first-order valence-corrected chi connectivity index (χ1v) is 38.5. The lowest BCUT2D eigenvalue weighted by Crippen LogP contribution is -2.45. The van der Waals surface area contributed by atoms with Crippen LogP contribution in [-0.2, 0) is 66.4 Å². The minimum Gasteiger partial charge on any atom is -0.392 e. The smallest absolute Gasteiger partial charge is 0.351 e. The van der Waals surface area contributed by atoms with Gasteiger partial charge in [0.25, 0.3) is 11.1 Å². The Balaban J connectivity index is 0.000000119. The van der Waals surface area contributed by atoms with Gasteiger partial charge in [0, 0.05) is 94.5 Å². The first-order chi connectivity index (χ1) is 55.0. The van der Waals surface area contributed by atoms with Crippen LogP contribution in [0.4, 0.5) is 17.5 Å². The number of ether oxygens (including phenoxy) is 13. The molecule has 20 atom stereocenters. The molecule has 0 bridgehead atoms. The van der Waals surface area contributed by atoms with Gasteiger partial charge in [-0.1, -0.05) is 44.5 Å². The molecule has 14 heterocycles. The molecule has 38 heteroatoms. The van der Waals surface area contributed by atoms with Gasteiger partial charge in [-0.15, -0.1) is 25.7 Å². The highest BCUT2D eigenvalue weighted by Crippen LogP contribution is 2.57. The number of carbonyl (C=O) groups is 1. The van der Waals surface area contributed by atoms with Gasteiger partial charge >= 0.3 is 28.4 Å². The first-order valence-electron chi connectivity index (χ1n) is 38.5. The number of aliphatic hydroxyl groups is 4. The van der Waals surface area contributed by atoms with Crippen molar-refractivity contribution in [3.63, 3.8) is 0 Å².